The summed E-state index contributed by atoms with van der Waals surface area (Å²) in [6.45, 7) is 5.61. The first-order valence-corrected chi connectivity index (χ1v) is 7.39. The van der Waals surface area contributed by atoms with E-state index in [0.29, 0.717) is 17.1 Å². The van der Waals surface area contributed by atoms with Crippen molar-refractivity contribution in [2.24, 2.45) is 0 Å². The molecule has 5 heteroatoms. The number of hydrogen-bond donors (Lipinski definition) is 2. The van der Waals surface area contributed by atoms with Crippen LogP contribution in [0.25, 0.3) is 0 Å². The molecule has 1 amide bonds. The highest BCUT2D eigenvalue weighted by atomic mass is 16.5. The number of carbonyl (C=O) groups excluding carboxylic acids is 1. The van der Waals surface area contributed by atoms with Gasteiger partial charge in [0, 0.05) is 5.69 Å². The highest BCUT2D eigenvalue weighted by Crippen LogP contribution is 2.27. The first-order valence-electron chi connectivity index (χ1n) is 7.39. The van der Waals surface area contributed by atoms with E-state index < -0.39 is 6.10 Å². The van der Waals surface area contributed by atoms with Crippen LogP contribution in [-0.4, -0.2) is 19.1 Å². The SMILES string of the molecule is COc1ccc(N)cc1NC(=O)[C@@H](C)Oc1c(C)cccc1C. The van der Waals surface area contributed by atoms with Crippen LogP contribution < -0.4 is 20.5 Å². The highest BCUT2D eigenvalue weighted by Gasteiger charge is 2.18. The fourth-order valence-electron chi connectivity index (χ4n) is 2.27. The maximum absolute atomic E-state index is 12.4. The van der Waals surface area contributed by atoms with Gasteiger partial charge in [-0.15, -0.1) is 0 Å². The molecule has 0 aliphatic rings. The van der Waals surface area contributed by atoms with Crippen LogP contribution in [-0.2, 0) is 4.79 Å². The van der Waals surface area contributed by atoms with E-state index >= 15 is 0 Å². The molecular weight excluding hydrogens is 292 g/mol. The van der Waals surface area contributed by atoms with Crippen LogP contribution in [0.5, 0.6) is 11.5 Å². The summed E-state index contributed by atoms with van der Waals surface area (Å²) in [5, 5.41) is 2.79. The van der Waals surface area contributed by atoms with E-state index in [9.17, 15) is 4.79 Å². The Balaban J connectivity index is 2.13. The first-order chi connectivity index (χ1) is 10.9. The summed E-state index contributed by atoms with van der Waals surface area (Å²) in [7, 11) is 1.54. The number of carbonyl (C=O) groups is 1. The number of aryl methyl sites for hydroxylation is 2. The quantitative estimate of drug-likeness (QED) is 0.831. The molecule has 5 nitrogen and oxygen atoms in total. The Morgan fingerprint density at radius 3 is 2.43 bits per heavy atom. The maximum Gasteiger partial charge on any atom is 0.265 e. The van der Waals surface area contributed by atoms with Gasteiger partial charge < -0.3 is 20.5 Å². The van der Waals surface area contributed by atoms with Gasteiger partial charge in [0.25, 0.3) is 5.91 Å². The number of para-hydroxylation sites is 1. The molecule has 0 aliphatic carbocycles. The Hall–Kier alpha value is -2.69. The van der Waals surface area contributed by atoms with Gasteiger partial charge in [0.1, 0.15) is 11.5 Å². The number of nitrogens with two attached hydrogens (primary N) is 1. The molecule has 0 saturated carbocycles. The number of benzene rings is 2. The molecule has 0 heterocycles. The molecule has 2 aromatic rings. The van der Waals surface area contributed by atoms with E-state index in [1.807, 2.05) is 32.0 Å². The van der Waals surface area contributed by atoms with Gasteiger partial charge in [-0.05, 0) is 50.1 Å². The molecule has 0 aliphatic heterocycles. The molecular formula is C18H22N2O3. The van der Waals surface area contributed by atoms with Crippen LogP contribution >= 0.6 is 0 Å². The second-order valence-corrected chi connectivity index (χ2v) is 5.43. The zero-order chi connectivity index (χ0) is 17.0. The van der Waals surface area contributed by atoms with E-state index in [1.54, 1.807) is 25.1 Å². The molecule has 0 aromatic heterocycles. The third kappa shape index (κ3) is 3.94. The number of amides is 1. The monoisotopic (exact) mass is 314 g/mol. The lowest BCUT2D eigenvalue weighted by molar-refractivity contribution is -0.122. The third-order valence-corrected chi connectivity index (χ3v) is 3.55. The van der Waals surface area contributed by atoms with Gasteiger partial charge in [0.05, 0.1) is 12.8 Å². The molecule has 0 bridgehead atoms. The Morgan fingerprint density at radius 2 is 1.83 bits per heavy atom. The summed E-state index contributed by atoms with van der Waals surface area (Å²) in [6.07, 6.45) is -0.652. The molecule has 0 radical (unpaired) electrons. The van der Waals surface area contributed by atoms with Crippen molar-refractivity contribution >= 4 is 17.3 Å². The van der Waals surface area contributed by atoms with Gasteiger partial charge in [-0.1, -0.05) is 18.2 Å². The number of nitrogen functional groups attached to an aromatic ring is 1. The first kappa shape index (κ1) is 16.7. The summed E-state index contributed by atoms with van der Waals surface area (Å²) in [6, 6.07) is 10.9. The van der Waals surface area contributed by atoms with Crippen LogP contribution in [0.3, 0.4) is 0 Å². The van der Waals surface area contributed by atoms with Crippen molar-refractivity contribution in [1.82, 2.24) is 0 Å². The lowest BCUT2D eigenvalue weighted by Crippen LogP contribution is -2.30. The van der Waals surface area contributed by atoms with Crippen molar-refractivity contribution in [3.63, 3.8) is 0 Å². The molecule has 122 valence electrons. The lowest BCUT2D eigenvalue weighted by atomic mass is 10.1. The normalized spacial score (nSPS) is 11.7. The average molecular weight is 314 g/mol. The maximum atomic E-state index is 12.4. The minimum absolute atomic E-state index is 0.267. The molecule has 2 aromatic carbocycles. The average Bonchev–Trinajstić information content (AvgIpc) is 2.51. The van der Waals surface area contributed by atoms with E-state index in [2.05, 4.69) is 5.32 Å². The Labute approximate surface area is 136 Å². The lowest BCUT2D eigenvalue weighted by Gasteiger charge is -2.19. The van der Waals surface area contributed by atoms with Gasteiger partial charge in [-0.2, -0.15) is 0 Å². The van der Waals surface area contributed by atoms with Crippen molar-refractivity contribution in [2.45, 2.75) is 26.9 Å². The summed E-state index contributed by atoms with van der Waals surface area (Å²) >= 11 is 0. The minimum atomic E-state index is -0.652. The minimum Gasteiger partial charge on any atom is -0.495 e. The highest BCUT2D eigenvalue weighted by molar-refractivity contribution is 5.96. The topological polar surface area (TPSA) is 73.6 Å². The zero-order valence-electron chi connectivity index (χ0n) is 13.8. The Kier molecular flexibility index (Phi) is 5.11. The number of rotatable bonds is 5. The van der Waals surface area contributed by atoms with Crippen molar-refractivity contribution in [3.05, 3.63) is 47.5 Å². The fourth-order valence-corrected chi connectivity index (χ4v) is 2.27. The van der Waals surface area contributed by atoms with Crippen LogP contribution in [0, 0.1) is 13.8 Å². The van der Waals surface area contributed by atoms with Gasteiger partial charge in [-0.25, -0.2) is 0 Å². The third-order valence-electron chi connectivity index (χ3n) is 3.55. The Morgan fingerprint density at radius 1 is 1.17 bits per heavy atom. The van der Waals surface area contributed by atoms with Crippen molar-refractivity contribution in [1.29, 1.82) is 0 Å². The molecule has 2 rings (SSSR count). The second kappa shape index (κ2) is 7.05. The van der Waals surface area contributed by atoms with E-state index in [0.717, 1.165) is 16.9 Å². The van der Waals surface area contributed by atoms with Crippen LogP contribution in [0.4, 0.5) is 11.4 Å². The van der Waals surface area contributed by atoms with Crippen LogP contribution in [0.1, 0.15) is 18.1 Å². The molecule has 0 spiro atoms. The zero-order valence-corrected chi connectivity index (χ0v) is 13.8. The van der Waals surface area contributed by atoms with Crippen molar-refractivity contribution in [2.75, 3.05) is 18.2 Å². The standard InChI is InChI=1S/C18H22N2O3/c1-11-6-5-7-12(2)17(11)23-13(3)18(21)20-15-10-14(19)8-9-16(15)22-4/h5-10,13H,19H2,1-4H3,(H,20,21)/t13-/m1/s1. The van der Waals surface area contributed by atoms with Gasteiger partial charge in [0.2, 0.25) is 0 Å². The van der Waals surface area contributed by atoms with Crippen molar-refractivity contribution < 1.29 is 14.3 Å². The second-order valence-electron chi connectivity index (χ2n) is 5.43. The van der Waals surface area contributed by atoms with E-state index in [-0.39, 0.29) is 5.91 Å². The van der Waals surface area contributed by atoms with Gasteiger partial charge >= 0.3 is 0 Å². The summed E-state index contributed by atoms with van der Waals surface area (Å²) in [4.78, 5) is 12.4. The van der Waals surface area contributed by atoms with E-state index in [4.69, 9.17) is 15.2 Å². The van der Waals surface area contributed by atoms with Crippen LogP contribution in [0.2, 0.25) is 0 Å². The summed E-state index contributed by atoms with van der Waals surface area (Å²) < 4.78 is 11.1. The molecule has 0 fully saturated rings. The summed E-state index contributed by atoms with van der Waals surface area (Å²) in [5.74, 6) is 1.01. The molecule has 3 N–H and O–H groups in total. The number of hydrogen-bond acceptors (Lipinski definition) is 4. The van der Waals surface area contributed by atoms with Gasteiger partial charge in [-0.3, -0.25) is 4.79 Å². The molecule has 23 heavy (non-hydrogen) atoms. The van der Waals surface area contributed by atoms with Crippen LogP contribution in [0.15, 0.2) is 36.4 Å². The van der Waals surface area contributed by atoms with Crippen molar-refractivity contribution in [3.8, 4) is 11.5 Å². The fraction of sp³-hybridized carbons (Fsp3) is 0.278. The molecule has 0 unspecified atom stereocenters. The molecule has 1 atom stereocenters. The molecule has 0 saturated heterocycles. The number of ether oxygens (including phenoxy) is 2. The predicted octanol–water partition coefficient (Wildman–Crippen LogP) is 3.30. The smallest absolute Gasteiger partial charge is 0.265 e. The number of anilines is 2. The Bertz CT molecular complexity index is 693. The largest absolute Gasteiger partial charge is 0.495 e. The predicted molar refractivity (Wildman–Crippen MR) is 92.0 cm³/mol. The number of nitrogens with one attached hydrogen (secondary N) is 1. The van der Waals surface area contributed by atoms with Gasteiger partial charge in [0.15, 0.2) is 6.10 Å². The summed E-state index contributed by atoms with van der Waals surface area (Å²) in [5.41, 5.74) is 8.81. The van der Waals surface area contributed by atoms with E-state index in [1.165, 1.54) is 7.11 Å². The number of methoxy groups -OCH3 is 1.